The summed E-state index contributed by atoms with van der Waals surface area (Å²) >= 11 is 0. The SMILES string of the molecule is COc1cc(CC2(N)CC2)c(OC)c(S(C)(=O)=O)c1. The van der Waals surface area contributed by atoms with Crippen LogP contribution in [-0.2, 0) is 16.3 Å². The normalized spacial score (nSPS) is 17.1. The second-order valence-corrected chi connectivity index (χ2v) is 7.11. The van der Waals surface area contributed by atoms with Crippen LogP contribution in [0.3, 0.4) is 0 Å². The average Bonchev–Trinajstić information content (AvgIpc) is 3.04. The van der Waals surface area contributed by atoms with Crippen LogP contribution in [0.25, 0.3) is 0 Å². The molecule has 0 aromatic heterocycles. The van der Waals surface area contributed by atoms with Gasteiger partial charge in [0.1, 0.15) is 16.4 Å². The van der Waals surface area contributed by atoms with Gasteiger partial charge in [0, 0.05) is 23.4 Å². The first kappa shape index (κ1) is 14.1. The number of ether oxygens (including phenoxy) is 2. The van der Waals surface area contributed by atoms with Crippen molar-refractivity contribution >= 4 is 9.84 Å². The first-order chi connectivity index (χ1) is 8.79. The number of benzene rings is 1. The molecular weight excluding hydrogens is 266 g/mol. The predicted molar refractivity (Wildman–Crippen MR) is 72.5 cm³/mol. The van der Waals surface area contributed by atoms with E-state index in [0.29, 0.717) is 17.9 Å². The summed E-state index contributed by atoms with van der Waals surface area (Å²) in [4.78, 5) is 0.147. The number of methoxy groups -OCH3 is 2. The molecule has 0 heterocycles. The van der Waals surface area contributed by atoms with E-state index in [1.165, 1.54) is 20.3 Å². The van der Waals surface area contributed by atoms with Gasteiger partial charge in [-0.2, -0.15) is 0 Å². The van der Waals surface area contributed by atoms with Gasteiger partial charge in [0.2, 0.25) is 0 Å². The summed E-state index contributed by atoms with van der Waals surface area (Å²) in [5, 5.41) is 0. The Balaban J connectivity index is 2.57. The molecule has 106 valence electrons. The van der Waals surface area contributed by atoms with Crippen LogP contribution in [0.4, 0.5) is 0 Å². The molecule has 1 fully saturated rings. The molecule has 0 atom stereocenters. The van der Waals surface area contributed by atoms with Crippen molar-refractivity contribution < 1.29 is 17.9 Å². The van der Waals surface area contributed by atoms with Crippen molar-refractivity contribution in [1.29, 1.82) is 0 Å². The Morgan fingerprint density at radius 3 is 2.32 bits per heavy atom. The molecule has 19 heavy (non-hydrogen) atoms. The lowest BCUT2D eigenvalue weighted by Gasteiger charge is -2.17. The summed E-state index contributed by atoms with van der Waals surface area (Å²) < 4.78 is 34.1. The van der Waals surface area contributed by atoms with Gasteiger partial charge in [-0.15, -0.1) is 0 Å². The maximum absolute atomic E-state index is 11.8. The van der Waals surface area contributed by atoms with Crippen molar-refractivity contribution in [1.82, 2.24) is 0 Å². The minimum atomic E-state index is -3.38. The molecule has 0 bridgehead atoms. The van der Waals surface area contributed by atoms with Crippen LogP contribution < -0.4 is 15.2 Å². The molecule has 1 aliphatic rings. The van der Waals surface area contributed by atoms with E-state index in [0.717, 1.165) is 24.7 Å². The van der Waals surface area contributed by atoms with Crippen LogP contribution in [-0.4, -0.2) is 34.4 Å². The fourth-order valence-electron chi connectivity index (χ4n) is 2.10. The first-order valence-electron chi connectivity index (χ1n) is 6.03. The van der Waals surface area contributed by atoms with E-state index in [4.69, 9.17) is 15.2 Å². The van der Waals surface area contributed by atoms with Gasteiger partial charge in [0.25, 0.3) is 0 Å². The van der Waals surface area contributed by atoms with Gasteiger partial charge in [-0.1, -0.05) is 0 Å². The number of hydrogen-bond acceptors (Lipinski definition) is 5. The Labute approximate surface area is 113 Å². The predicted octanol–water partition coefficient (Wildman–Crippen LogP) is 1.14. The van der Waals surface area contributed by atoms with E-state index in [2.05, 4.69) is 0 Å². The number of sulfone groups is 1. The van der Waals surface area contributed by atoms with Gasteiger partial charge in [0.15, 0.2) is 9.84 Å². The highest BCUT2D eigenvalue weighted by Gasteiger charge is 2.39. The van der Waals surface area contributed by atoms with E-state index in [1.54, 1.807) is 6.07 Å². The zero-order valence-electron chi connectivity index (χ0n) is 11.4. The van der Waals surface area contributed by atoms with E-state index in [9.17, 15) is 8.42 Å². The molecule has 0 spiro atoms. The molecule has 0 unspecified atom stereocenters. The lowest BCUT2D eigenvalue weighted by atomic mass is 10.0. The molecule has 6 heteroatoms. The van der Waals surface area contributed by atoms with E-state index >= 15 is 0 Å². The molecule has 1 aliphatic carbocycles. The second kappa shape index (κ2) is 4.68. The van der Waals surface area contributed by atoms with Crippen LogP contribution in [0.5, 0.6) is 11.5 Å². The van der Waals surface area contributed by atoms with Crippen LogP contribution in [0, 0.1) is 0 Å². The van der Waals surface area contributed by atoms with Crippen molar-refractivity contribution in [3.05, 3.63) is 17.7 Å². The van der Waals surface area contributed by atoms with Gasteiger partial charge >= 0.3 is 0 Å². The molecule has 0 amide bonds. The van der Waals surface area contributed by atoms with Gasteiger partial charge in [-0.3, -0.25) is 0 Å². The second-order valence-electron chi connectivity index (χ2n) is 5.13. The van der Waals surface area contributed by atoms with Gasteiger partial charge in [0.05, 0.1) is 14.2 Å². The number of rotatable bonds is 5. The van der Waals surface area contributed by atoms with Gasteiger partial charge in [-0.25, -0.2) is 8.42 Å². The largest absolute Gasteiger partial charge is 0.497 e. The first-order valence-corrected chi connectivity index (χ1v) is 7.92. The van der Waals surface area contributed by atoms with E-state index in [-0.39, 0.29) is 10.4 Å². The summed E-state index contributed by atoms with van der Waals surface area (Å²) in [7, 11) is -0.406. The van der Waals surface area contributed by atoms with Crippen LogP contribution in [0.15, 0.2) is 17.0 Å². The zero-order valence-corrected chi connectivity index (χ0v) is 12.2. The average molecular weight is 285 g/mol. The third-order valence-corrected chi connectivity index (χ3v) is 4.48. The van der Waals surface area contributed by atoms with Crippen LogP contribution in [0.2, 0.25) is 0 Å². The lowest BCUT2D eigenvalue weighted by molar-refractivity contribution is 0.385. The minimum Gasteiger partial charge on any atom is -0.497 e. The Morgan fingerprint density at radius 1 is 1.26 bits per heavy atom. The number of hydrogen-bond donors (Lipinski definition) is 1. The topological polar surface area (TPSA) is 78.6 Å². The van der Waals surface area contributed by atoms with Crippen molar-refractivity contribution in [2.24, 2.45) is 5.73 Å². The fourth-order valence-corrected chi connectivity index (χ4v) is 2.99. The van der Waals surface area contributed by atoms with Crippen molar-refractivity contribution in [3.8, 4) is 11.5 Å². The molecule has 2 N–H and O–H groups in total. The maximum Gasteiger partial charge on any atom is 0.179 e. The molecular formula is C13H19NO4S. The monoisotopic (exact) mass is 285 g/mol. The molecule has 0 radical (unpaired) electrons. The molecule has 2 rings (SSSR count). The van der Waals surface area contributed by atoms with Crippen LogP contribution in [0.1, 0.15) is 18.4 Å². The Kier molecular flexibility index (Phi) is 3.49. The van der Waals surface area contributed by atoms with Gasteiger partial charge < -0.3 is 15.2 Å². The summed E-state index contributed by atoms with van der Waals surface area (Å²) in [6.07, 6.45) is 3.64. The summed E-state index contributed by atoms with van der Waals surface area (Å²) in [5.41, 5.74) is 6.66. The van der Waals surface area contributed by atoms with E-state index in [1.807, 2.05) is 0 Å². The molecule has 1 aromatic rings. The van der Waals surface area contributed by atoms with E-state index < -0.39 is 9.84 Å². The van der Waals surface area contributed by atoms with Crippen molar-refractivity contribution in [3.63, 3.8) is 0 Å². The highest BCUT2D eigenvalue weighted by atomic mass is 32.2. The van der Waals surface area contributed by atoms with Gasteiger partial charge in [-0.05, 0) is 25.3 Å². The van der Waals surface area contributed by atoms with Crippen LogP contribution >= 0.6 is 0 Å². The molecule has 0 saturated heterocycles. The fraction of sp³-hybridized carbons (Fsp3) is 0.538. The standard InChI is InChI=1S/C13H19NO4S/c1-17-10-6-9(8-13(14)4-5-13)12(18-2)11(7-10)19(3,15)16/h6-7H,4-5,8,14H2,1-3H3. The zero-order chi connectivity index (χ0) is 14.3. The minimum absolute atomic E-state index is 0.147. The smallest absolute Gasteiger partial charge is 0.179 e. The lowest BCUT2D eigenvalue weighted by Crippen LogP contribution is -2.25. The third-order valence-electron chi connectivity index (χ3n) is 3.38. The Hall–Kier alpha value is -1.27. The van der Waals surface area contributed by atoms with Crippen molar-refractivity contribution in [2.45, 2.75) is 29.7 Å². The van der Waals surface area contributed by atoms with Crippen molar-refractivity contribution in [2.75, 3.05) is 20.5 Å². The molecule has 1 aromatic carbocycles. The summed E-state index contributed by atoms with van der Waals surface area (Å²) in [6.45, 7) is 0. The summed E-state index contributed by atoms with van der Waals surface area (Å²) in [5.74, 6) is 0.875. The quantitative estimate of drug-likeness (QED) is 0.877. The molecule has 5 nitrogen and oxygen atoms in total. The third kappa shape index (κ3) is 3.01. The Morgan fingerprint density at radius 2 is 1.89 bits per heavy atom. The molecule has 0 aliphatic heterocycles. The highest BCUT2D eigenvalue weighted by Crippen LogP contribution is 2.41. The summed E-state index contributed by atoms with van der Waals surface area (Å²) in [6, 6.07) is 3.27. The highest BCUT2D eigenvalue weighted by molar-refractivity contribution is 7.90. The maximum atomic E-state index is 11.8. The Bertz CT molecular complexity index is 591. The number of nitrogens with two attached hydrogens (primary N) is 1. The molecule has 1 saturated carbocycles.